The highest BCUT2D eigenvalue weighted by molar-refractivity contribution is 6.33. The van der Waals surface area contributed by atoms with Crippen molar-refractivity contribution >= 4 is 28.9 Å². The molecule has 0 aliphatic heterocycles. The van der Waals surface area contributed by atoms with Gasteiger partial charge < -0.3 is 10.6 Å². The molecule has 0 radical (unpaired) electrons. The predicted octanol–water partition coefficient (Wildman–Crippen LogP) is 7.27. The predicted molar refractivity (Wildman–Crippen MR) is 124 cm³/mol. The van der Waals surface area contributed by atoms with Crippen LogP contribution < -0.4 is 10.6 Å². The highest BCUT2D eigenvalue weighted by Crippen LogP contribution is 2.60. The Morgan fingerprint density at radius 1 is 1.00 bits per heavy atom. The number of carbonyl (C=O) groups excluding carboxylic acids is 1. The number of nitrogens with one attached hydrogen (secondary N) is 2. The highest BCUT2D eigenvalue weighted by Gasteiger charge is 2.51. The van der Waals surface area contributed by atoms with Crippen LogP contribution >= 0.6 is 11.6 Å². The van der Waals surface area contributed by atoms with Crippen LogP contribution in [0.15, 0.2) is 42.5 Å². The molecule has 7 heteroatoms. The molecular weight excluding hydrogens is 449 g/mol. The van der Waals surface area contributed by atoms with Crippen LogP contribution in [0.1, 0.15) is 56.6 Å². The molecule has 4 aliphatic carbocycles. The van der Waals surface area contributed by atoms with Crippen molar-refractivity contribution < 1.29 is 18.0 Å². The lowest BCUT2D eigenvalue weighted by atomic mass is 9.48. The van der Waals surface area contributed by atoms with Crippen LogP contribution in [0.25, 0.3) is 0 Å². The topological polar surface area (TPSA) is 41.1 Å². The zero-order chi connectivity index (χ0) is 23.4. The van der Waals surface area contributed by atoms with Crippen LogP contribution in [0.3, 0.4) is 0 Å². The van der Waals surface area contributed by atoms with Gasteiger partial charge in [0, 0.05) is 5.69 Å². The second-order valence-corrected chi connectivity index (χ2v) is 10.7. The van der Waals surface area contributed by atoms with Gasteiger partial charge in [0.1, 0.15) is 6.04 Å². The van der Waals surface area contributed by atoms with Gasteiger partial charge in [-0.25, -0.2) is 0 Å². The molecule has 0 saturated heterocycles. The third-order valence-corrected chi connectivity index (χ3v) is 8.19. The molecule has 0 unspecified atom stereocenters. The van der Waals surface area contributed by atoms with Gasteiger partial charge in [-0.3, -0.25) is 4.79 Å². The molecule has 3 nitrogen and oxygen atoms in total. The molecule has 4 aliphatic rings. The van der Waals surface area contributed by atoms with E-state index >= 15 is 0 Å². The van der Waals surface area contributed by atoms with E-state index in [9.17, 15) is 18.0 Å². The zero-order valence-electron chi connectivity index (χ0n) is 18.5. The number of halogens is 4. The average Bonchev–Trinajstić information content (AvgIpc) is 2.74. The Bertz CT molecular complexity index is 1020. The fourth-order valence-corrected chi connectivity index (χ4v) is 6.90. The Labute approximate surface area is 197 Å². The van der Waals surface area contributed by atoms with E-state index in [0.29, 0.717) is 5.41 Å². The third-order valence-electron chi connectivity index (χ3n) is 7.86. The molecule has 4 saturated carbocycles. The van der Waals surface area contributed by atoms with Gasteiger partial charge in [-0.05, 0) is 105 Å². The number of hydrogen-bond acceptors (Lipinski definition) is 2. The van der Waals surface area contributed by atoms with E-state index in [4.69, 9.17) is 11.6 Å². The summed E-state index contributed by atoms with van der Waals surface area (Å²) in [5, 5.41) is 5.72. The SMILES string of the molecule is C[C@H](Nc1ccc(C23CC4CC(CC(C4)C2)C3)cc1)C(=O)Nc1cc(C(F)(F)F)ccc1Cl. The maximum Gasteiger partial charge on any atom is 0.416 e. The average molecular weight is 477 g/mol. The molecule has 2 aromatic rings. The van der Waals surface area contributed by atoms with Crippen molar-refractivity contribution in [2.45, 2.75) is 63.1 Å². The van der Waals surface area contributed by atoms with Gasteiger partial charge in [-0.15, -0.1) is 0 Å². The van der Waals surface area contributed by atoms with E-state index in [1.165, 1.54) is 44.1 Å². The lowest BCUT2D eigenvalue weighted by Crippen LogP contribution is -2.48. The van der Waals surface area contributed by atoms with Crippen LogP contribution in [-0.4, -0.2) is 11.9 Å². The summed E-state index contributed by atoms with van der Waals surface area (Å²) in [5.74, 6) is 2.17. The summed E-state index contributed by atoms with van der Waals surface area (Å²) in [6, 6.07) is 10.6. The summed E-state index contributed by atoms with van der Waals surface area (Å²) >= 11 is 6.00. The van der Waals surface area contributed by atoms with Crippen molar-refractivity contribution in [1.29, 1.82) is 0 Å². The van der Waals surface area contributed by atoms with E-state index in [1.807, 2.05) is 12.1 Å². The number of anilines is 2. The molecule has 6 rings (SSSR count). The molecule has 33 heavy (non-hydrogen) atoms. The molecule has 2 N–H and O–H groups in total. The number of amides is 1. The summed E-state index contributed by atoms with van der Waals surface area (Å²) in [6.45, 7) is 1.67. The van der Waals surface area contributed by atoms with Crippen molar-refractivity contribution in [1.82, 2.24) is 0 Å². The first-order valence-electron chi connectivity index (χ1n) is 11.7. The smallest absolute Gasteiger partial charge is 0.374 e. The van der Waals surface area contributed by atoms with E-state index in [1.54, 1.807) is 6.92 Å². The molecule has 176 valence electrons. The van der Waals surface area contributed by atoms with E-state index in [0.717, 1.165) is 41.6 Å². The molecule has 2 aromatic carbocycles. The second-order valence-electron chi connectivity index (χ2n) is 10.3. The Balaban J connectivity index is 1.24. The highest BCUT2D eigenvalue weighted by atomic mass is 35.5. The van der Waals surface area contributed by atoms with Crippen LogP contribution in [-0.2, 0) is 16.4 Å². The standard InChI is InChI=1S/C26H28ClF3N2O/c1-15(24(33)32-23-11-20(26(28,29)30)4-7-22(23)27)31-21-5-2-19(3-6-21)25-12-16-8-17(13-25)10-18(9-16)14-25/h2-7,11,15-18,31H,8-10,12-14H2,1H3,(H,32,33)/t15-,16?,17?,18?,25?/m0/s1. The summed E-state index contributed by atoms with van der Waals surface area (Å²) in [5.41, 5.74) is 1.61. The number of rotatable bonds is 5. The molecule has 4 fully saturated rings. The maximum atomic E-state index is 13.0. The van der Waals surface area contributed by atoms with Crippen molar-refractivity contribution in [2.24, 2.45) is 17.8 Å². The van der Waals surface area contributed by atoms with Gasteiger partial charge in [0.25, 0.3) is 0 Å². The molecule has 1 atom stereocenters. The van der Waals surface area contributed by atoms with Gasteiger partial charge in [0.2, 0.25) is 5.91 Å². The largest absolute Gasteiger partial charge is 0.416 e. The van der Waals surface area contributed by atoms with Crippen molar-refractivity contribution in [2.75, 3.05) is 10.6 Å². The zero-order valence-corrected chi connectivity index (χ0v) is 19.3. The van der Waals surface area contributed by atoms with Crippen LogP contribution in [0.4, 0.5) is 24.5 Å². The first-order chi connectivity index (χ1) is 15.6. The minimum Gasteiger partial charge on any atom is -0.374 e. The Morgan fingerprint density at radius 2 is 1.58 bits per heavy atom. The molecule has 0 aromatic heterocycles. The summed E-state index contributed by atoms with van der Waals surface area (Å²) < 4.78 is 39.0. The van der Waals surface area contributed by atoms with E-state index in [2.05, 4.69) is 22.8 Å². The van der Waals surface area contributed by atoms with Crippen LogP contribution in [0.5, 0.6) is 0 Å². The monoisotopic (exact) mass is 476 g/mol. The van der Waals surface area contributed by atoms with E-state index in [-0.39, 0.29) is 10.7 Å². The molecule has 1 amide bonds. The van der Waals surface area contributed by atoms with Crippen LogP contribution in [0.2, 0.25) is 5.02 Å². The Kier molecular flexibility index (Phi) is 5.63. The molecular formula is C26H28ClF3N2O. The van der Waals surface area contributed by atoms with Gasteiger partial charge >= 0.3 is 6.18 Å². The normalized spacial score (nSPS) is 29.1. The lowest BCUT2D eigenvalue weighted by molar-refractivity contribution is -0.137. The number of hydrogen-bond donors (Lipinski definition) is 2. The first kappa shape index (κ1) is 22.6. The van der Waals surface area contributed by atoms with Crippen molar-refractivity contribution in [3.8, 4) is 0 Å². The molecule has 0 spiro atoms. The minimum atomic E-state index is -4.51. The number of benzene rings is 2. The van der Waals surface area contributed by atoms with Gasteiger partial charge in [0.05, 0.1) is 16.3 Å². The van der Waals surface area contributed by atoms with E-state index < -0.39 is 23.7 Å². The Hall–Kier alpha value is -2.21. The van der Waals surface area contributed by atoms with Gasteiger partial charge in [0.15, 0.2) is 0 Å². The molecule has 0 heterocycles. The quantitative estimate of drug-likeness (QED) is 0.476. The van der Waals surface area contributed by atoms with Crippen molar-refractivity contribution in [3.63, 3.8) is 0 Å². The molecule has 4 bridgehead atoms. The number of carbonyl (C=O) groups is 1. The maximum absolute atomic E-state index is 13.0. The van der Waals surface area contributed by atoms with Crippen molar-refractivity contribution in [3.05, 3.63) is 58.6 Å². The first-order valence-corrected chi connectivity index (χ1v) is 12.0. The lowest BCUT2D eigenvalue weighted by Gasteiger charge is -2.57. The summed E-state index contributed by atoms with van der Waals surface area (Å²) in [6.07, 6.45) is 3.59. The third kappa shape index (κ3) is 4.46. The fraction of sp³-hybridized carbons (Fsp3) is 0.500. The van der Waals surface area contributed by atoms with Crippen LogP contribution in [0, 0.1) is 17.8 Å². The fourth-order valence-electron chi connectivity index (χ4n) is 6.74. The summed E-state index contributed by atoms with van der Waals surface area (Å²) in [4.78, 5) is 12.6. The minimum absolute atomic E-state index is 0.0534. The second kappa shape index (κ2) is 8.23. The van der Waals surface area contributed by atoms with Gasteiger partial charge in [-0.2, -0.15) is 13.2 Å². The Morgan fingerprint density at radius 3 is 2.12 bits per heavy atom. The summed E-state index contributed by atoms with van der Waals surface area (Å²) in [7, 11) is 0. The number of alkyl halides is 3. The van der Waals surface area contributed by atoms with Gasteiger partial charge in [-0.1, -0.05) is 23.7 Å².